The summed E-state index contributed by atoms with van der Waals surface area (Å²) in [5.41, 5.74) is 6.40. The smallest absolute Gasteiger partial charge is 0.137 e. The molecule has 0 aromatic carbocycles. The number of nitrogens with two attached hydrogens (primary N) is 1. The van der Waals surface area contributed by atoms with Gasteiger partial charge in [0, 0.05) is 5.70 Å². The highest BCUT2D eigenvalue weighted by Gasteiger charge is 2.01. The first-order chi connectivity index (χ1) is 3.83. The number of allylic oxidation sites excluding steroid dienone is 1. The van der Waals surface area contributed by atoms with Gasteiger partial charge in [0.05, 0.1) is 6.54 Å². The van der Waals surface area contributed by atoms with E-state index >= 15 is 0 Å². The molecule has 0 spiro atoms. The van der Waals surface area contributed by atoms with Gasteiger partial charge in [0.25, 0.3) is 0 Å². The van der Waals surface area contributed by atoms with E-state index in [9.17, 15) is 0 Å². The second kappa shape index (κ2) is 1.66. The molecule has 1 aliphatic rings. The fraction of sp³-hybridized carbons (Fsp3) is 0.200. The molecule has 0 aromatic rings. The number of rotatable bonds is 0. The Morgan fingerprint density at radius 1 is 1.88 bits per heavy atom. The van der Waals surface area contributed by atoms with Gasteiger partial charge < -0.3 is 5.73 Å². The van der Waals surface area contributed by atoms with Gasteiger partial charge in [0.15, 0.2) is 0 Å². The van der Waals surface area contributed by atoms with Crippen LogP contribution < -0.4 is 5.73 Å². The van der Waals surface area contributed by atoms with Gasteiger partial charge in [0.1, 0.15) is 11.8 Å². The number of nitriles is 1. The van der Waals surface area contributed by atoms with Crippen molar-refractivity contribution in [1.82, 2.24) is 0 Å². The zero-order valence-corrected chi connectivity index (χ0v) is 4.26. The maximum atomic E-state index is 8.20. The molecule has 0 aliphatic carbocycles. The largest absolute Gasteiger partial charge is 0.400 e. The summed E-state index contributed by atoms with van der Waals surface area (Å²) in [6, 6.07) is 1.89. The van der Waals surface area contributed by atoms with E-state index in [2.05, 4.69) is 4.99 Å². The Morgan fingerprint density at radius 2 is 2.62 bits per heavy atom. The molecule has 8 heavy (non-hydrogen) atoms. The van der Waals surface area contributed by atoms with Crippen molar-refractivity contribution in [3.63, 3.8) is 0 Å². The van der Waals surface area contributed by atoms with Crippen LogP contribution in [-0.4, -0.2) is 12.3 Å². The van der Waals surface area contributed by atoms with E-state index in [0.29, 0.717) is 18.0 Å². The third-order valence-corrected chi connectivity index (χ3v) is 0.869. The second-order valence-corrected chi connectivity index (χ2v) is 1.53. The van der Waals surface area contributed by atoms with Gasteiger partial charge in [0.2, 0.25) is 0 Å². The predicted octanol–water partition coefficient (Wildman–Crippen LogP) is -0.193. The van der Waals surface area contributed by atoms with E-state index in [1.807, 2.05) is 6.07 Å². The molecule has 0 bridgehead atoms. The summed E-state index contributed by atoms with van der Waals surface area (Å²) in [4.78, 5) is 3.77. The van der Waals surface area contributed by atoms with Crippen LogP contribution in [0.25, 0.3) is 0 Å². The Bertz CT molecular complexity index is 194. The quantitative estimate of drug-likeness (QED) is 0.466. The number of aliphatic imine (C=N–C) groups is 1. The van der Waals surface area contributed by atoms with Crippen molar-refractivity contribution in [2.45, 2.75) is 0 Å². The Balaban J connectivity index is 2.77. The van der Waals surface area contributed by atoms with Gasteiger partial charge in [-0.2, -0.15) is 5.26 Å². The molecule has 0 radical (unpaired) electrons. The van der Waals surface area contributed by atoms with Gasteiger partial charge in [-0.3, -0.25) is 4.99 Å². The Hall–Kier alpha value is -1.30. The van der Waals surface area contributed by atoms with Crippen LogP contribution in [0.1, 0.15) is 0 Å². The van der Waals surface area contributed by atoms with Crippen molar-refractivity contribution >= 4 is 5.71 Å². The van der Waals surface area contributed by atoms with Crippen molar-refractivity contribution in [1.29, 1.82) is 5.26 Å². The van der Waals surface area contributed by atoms with Crippen molar-refractivity contribution < 1.29 is 0 Å². The molecule has 3 heteroatoms. The van der Waals surface area contributed by atoms with Crippen LogP contribution >= 0.6 is 0 Å². The van der Waals surface area contributed by atoms with Crippen molar-refractivity contribution in [3.05, 3.63) is 11.8 Å². The molecular formula is C5H5N3. The summed E-state index contributed by atoms with van der Waals surface area (Å²) in [6.07, 6.45) is 1.58. The van der Waals surface area contributed by atoms with Crippen molar-refractivity contribution in [2.24, 2.45) is 10.7 Å². The summed E-state index contributed by atoms with van der Waals surface area (Å²) in [6.45, 7) is 0.489. The Kier molecular flexibility index (Phi) is 1.01. The lowest BCUT2D eigenvalue weighted by atomic mass is 10.4. The zero-order chi connectivity index (χ0) is 5.98. The molecule has 3 nitrogen and oxygen atoms in total. The molecule has 40 valence electrons. The van der Waals surface area contributed by atoms with Crippen LogP contribution in [0.4, 0.5) is 0 Å². The molecule has 2 N–H and O–H groups in total. The molecule has 1 rings (SSSR count). The molecule has 0 amide bonds. The third kappa shape index (κ3) is 0.684. The average molecular weight is 107 g/mol. The van der Waals surface area contributed by atoms with Gasteiger partial charge >= 0.3 is 0 Å². The number of hydrogen-bond donors (Lipinski definition) is 1. The molecule has 0 fully saturated rings. The van der Waals surface area contributed by atoms with Crippen LogP contribution in [0.5, 0.6) is 0 Å². The van der Waals surface area contributed by atoms with Crippen LogP contribution in [0, 0.1) is 11.3 Å². The van der Waals surface area contributed by atoms with Crippen molar-refractivity contribution in [2.75, 3.05) is 6.54 Å². The van der Waals surface area contributed by atoms with E-state index < -0.39 is 0 Å². The van der Waals surface area contributed by atoms with Crippen LogP contribution in [0.2, 0.25) is 0 Å². The molecule has 1 heterocycles. The molecule has 0 unspecified atom stereocenters. The molecule has 0 saturated carbocycles. The molecule has 0 atom stereocenters. The lowest BCUT2D eigenvalue weighted by Crippen LogP contribution is -1.95. The van der Waals surface area contributed by atoms with E-state index in [0.717, 1.165) is 0 Å². The van der Waals surface area contributed by atoms with E-state index in [1.54, 1.807) is 6.08 Å². The Morgan fingerprint density at radius 3 is 2.88 bits per heavy atom. The summed E-state index contributed by atoms with van der Waals surface area (Å²) < 4.78 is 0. The summed E-state index contributed by atoms with van der Waals surface area (Å²) in [5.74, 6) is 0. The predicted molar refractivity (Wildman–Crippen MR) is 30.2 cm³/mol. The molecule has 0 aromatic heterocycles. The standard InChI is InChI=1S/C5H5N3/c6-2-5-1-4(7)3-8-5/h1H,3,7H2. The normalized spacial score (nSPS) is 16.9. The maximum absolute atomic E-state index is 8.20. The summed E-state index contributed by atoms with van der Waals surface area (Å²) in [7, 11) is 0. The fourth-order valence-corrected chi connectivity index (χ4v) is 0.511. The zero-order valence-electron chi connectivity index (χ0n) is 4.26. The van der Waals surface area contributed by atoms with Gasteiger partial charge in [-0.25, -0.2) is 0 Å². The second-order valence-electron chi connectivity index (χ2n) is 1.53. The lowest BCUT2D eigenvalue weighted by molar-refractivity contribution is 1.14. The molecular weight excluding hydrogens is 102 g/mol. The van der Waals surface area contributed by atoms with Crippen LogP contribution in [0.3, 0.4) is 0 Å². The number of nitrogens with zero attached hydrogens (tertiary/aromatic N) is 2. The third-order valence-electron chi connectivity index (χ3n) is 0.869. The highest BCUT2D eigenvalue weighted by molar-refractivity contribution is 6.08. The lowest BCUT2D eigenvalue weighted by Gasteiger charge is -1.79. The first kappa shape index (κ1) is 4.85. The highest BCUT2D eigenvalue weighted by Crippen LogP contribution is 1.96. The monoisotopic (exact) mass is 107 g/mol. The number of hydrogen-bond acceptors (Lipinski definition) is 3. The van der Waals surface area contributed by atoms with E-state index in [4.69, 9.17) is 11.0 Å². The minimum absolute atomic E-state index is 0.433. The van der Waals surface area contributed by atoms with Gasteiger partial charge in [-0.1, -0.05) is 0 Å². The maximum Gasteiger partial charge on any atom is 0.137 e. The summed E-state index contributed by atoms with van der Waals surface area (Å²) >= 11 is 0. The minimum Gasteiger partial charge on any atom is -0.400 e. The molecule has 0 saturated heterocycles. The van der Waals surface area contributed by atoms with Crippen LogP contribution in [-0.2, 0) is 0 Å². The summed E-state index contributed by atoms with van der Waals surface area (Å²) in [5, 5.41) is 8.20. The van der Waals surface area contributed by atoms with Crippen LogP contribution in [0.15, 0.2) is 16.8 Å². The first-order valence-corrected chi connectivity index (χ1v) is 2.23. The minimum atomic E-state index is 0.433. The fourth-order valence-electron chi connectivity index (χ4n) is 0.511. The van der Waals surface area contributed by atoms with E-state index in [-0.39, 0.29) is 0 Å². The Labute approximate surface area is 47.1 Å². The van der Waals surface area contributed by atoms with Gasteiger partial charge in [-0.15, -0.1) is 0 Å². The highest BCUT2D eigenvalue weighted by atomic mass is 14.8. The SMILES string of the molecule is N#CC1=NCC(N)=C1. The van der Waals surface area contributed by atoms with Crippen molar-refractivity contribution in [3.8, 4) is 6.07 Å². The topological polar surface area (TPSA) is 62.2 Å². The molecule has 1 aliphatic heterocycles. The average Bonchev–Trinajstić information content (AvgIpc) is 2.14. The van der Waals surface area contributed by atoms with E-state index in [1.165, 1.54) is 0 Å². The first-order valence-electron chi connectivity index (χ1n) is 2.23. The van der Waals surface area contributed by atoms with Gasteiger partial charge in [-0.05, 0) is 6.08 Å².